The van der Waals surface area contributed by atoms with E-state index in [1.807, 2.05) is 54.0 Å². The van der Waals surface area contributed by atoms with Crippen LogP contribution < -0.4 is 0 Å². The standard InChI is InChI=1S/C19H17BrNO2/c1-3-15-16-10-14(20)8-9-17(16)21(18(15)19(22)23)11-13-6-4-12(2)5-7-13/h4-10H,1,3,11H2,2H3,(H,22,23). The van der Waals surface area contributed by atoms with Crippen LogP contribution >= 0.6 is 15.9 Å². The summed E-state index contributed by atoms with van der Waals surface area (Å²) in [7, 11) is 0. The number of hydrogen-bond acceptors (Lipinski definition) is 1. The Hall–Kier alpha value is -2.07. The lowest BCUT2D eigenvalue weighted by Crippen LogP contribution is -2.11. The van der Waals surface area contributed by atoms with Crippen molar-refractivity contribution < 1.29 is 9.90 Å². The van der Waals surface area contributed by atoms with Crippen LogP contribution in [0.2, 0.25) is 0 Å². The molecular weight excluding hydrogens is 354 g/mol. The fourth-order valence-electron chi connectivity index (χ4n) is 2.93. The molecule has 1 aromatic heterocycles. The maximum atomic E-state index is 11.8. The van der Waals surface area contributed by atoms with Gasteiger partial charge in [0.05, 0.1) is 0 Å². The zero-order chi connectivity index (χ0) is 16.6. The Morgan fingerprint density at radius 3 is 2.52 bits per heavy atom. The molecule has 0 bridgehead atoms. The number of rotatable bonds is 4. The van der Waals surface area contributed by atoms with Crippen molar-refractivity contribution in [2.45, 2.75) is 19.9 Å². The number of hydrogen-bond donors (Lipinski definition) is 1. The second kappa shape index (κ2) is 6.20. The fourth-order valence-corrected chi connectivity index (χ4v) is 3.30. The summed E-state index contributed by atoms with van der Waals surface area (Å²) in [6.45, 7) is 6.48. The van der Waals surface area contributed by atoms with Gasteiger partial charge in [0, 0.05) is 21.9 Å². The van der Waals surface area contributed by atoms with Gasteiger partial charge < -0.3 is 9.67 Å². The number of halogens is 1. The van der Waals surface area contributed by atoms with Crippen LogP contribution in [0.1, 0.15) is 27.2 Å². The Bertz CT molecular complexity index is 879. The number of aromatic carboxylic acids is 1. The van der Waals surface area contributed by atoms with Crippen molar-refractivity contribution in [3.63, 3.8) is 0 Å². The van der Waals surface area contributed by atoms with Crippen LogP contribution in [-0.4, -0.2) is 15.6 Å². The van der Waals surface area contributed by atoms with Gasteiger partial charge in [-0.3, -0.25) is 0 Å². The third kappa shape index (κ3) is 2.91. The lowest BCUT2D eigenvalue weighted by atomic mass is 10.1. The summed E-state index contributed by atoms with van der Waals surface area (Å²) in [5.74, 6) is -0.914. The van der Waals surface area contributed by atoms with E-state index in [0.717, 1.165) is 26.5 Å². The minimum absolute atomic E-state index is 0.327. The summed E-state index contributed by atoms with van der Waals surface area (Å²) < 4.78 is 2.80. The van der Waals surface area contributed by atoms with E-state index in [4.69, 9.17) is 0 Å². The Morgan fingerprint density at radius 1 is 1.22 bits per heavy atom. The van der Waals surface area contributed by atoms with Gasteiger partial charge in [0.25, 0.3) is 0 Å². The molecule has 0 saturated heterocycles. The Labute approximate surface area is 143 Å². The molecule has 0 fully saturated rings. The Kier molecular flexibility index (Phi) is 4.26. The molecule has 1 N–H and O–H groups in total. The number of carbonyl (C=O) groups is 1. The molecule has 1 heterocycles. The molecule has 2 aromatic carbocycles. The molecule has 3 rings (SSSR count). The predicted octanol–water partition coefficient (Wildman–Crippen LogP) is 4.84. The van der Waals surface area contributed by atoms with Crippen molar-refractivity contribution in [1.82, 2.24) is 4.57 Å². The van der Waals surface area contributed by atoms with Crippen molar-refractivity contribution >= 4 is 32.8 Å². The number of aryl methyl sites for hydroxylation is 1. The summed E-state index contributed by atoms with van der Waals surface area (Å²) in [6, 6.07) is 14.0. The molecule has 0 aliphatic carbocycles. The molecule has 117 valence electrons. The smallest absolute Gasteiger partial charge is 0.352 e. The van der Waals surface area contributed by atoms with E-state index in [1.165, 1.54) is 5.56 Å². The lowest BCUT2D eigenvalue weighted by Gasteiger charge is -2.09. The van der Waals surface area contributed by atoms with E-state index < -0.39 is 5.97 Å². The molecule has 0 spiro atoms. The highest BCUT2D eigenvalue weighted by atomic mass is 79.9. The molecule has 0 aliphatic heterocycles. The fraction of sp³-hybridized carbons (Fsp3) is 0.158. The number of aromatic nitrogens is 1. The predicted molar refractivity (Wildman–Crippen MR) is 95.9 cm³/mol. The van der Waals surface area contributed by atoms with Gasteiger partial charge in [0.2, 0.25) is 0 Å². The minimum atomic E-state index is -0.914. The summed E-state index contributed by atoms with van der Waals surface area (Å²) >= 11 is 3.46. The van der Waals surface area contributed by atoms with Crippen molar-refractivity contribution in [3.05, 3.63) is 76.2 Å². The lowest BCUT2D eigenvalue weighted by molar-refractivity contribution is 0.0685. The van der Waals surface area contributed by atoms with E-state index in [2.05, 4.69) is 22.9 Å². The molecule has 0 aliphatic rings. The third-order valence-electron chi connectivity index (χ3n) is 4.04. The van der Waals surface area contributed by atoms with Crippen molar-refractivity contribution in [2.75, 3.05) is 0 Å². The van der Waals surface area contributed by atoms with Gasteiger partial charge in [0.15, 0.2) is 0 Å². The largest absolute Gasteiger partial charge is 0.477 e. The highest BCUT2D eigenvalue weighted by molar-refractivity contribution is 9.10. The molecule has 3 nitrogen and oxygen atoms in total. The van der Waals surface area contributed by atoms with Gasteiger partial charge in [-0.2, -0.15) is 0 Å². The van der Waals surface area contributed by atoms with E-state index in [9.17, 15) is 9.90 Å². The van der Waals surface area contributed by atoms with Crippen LogP contribution in [0.5, 0.6) is 0 Å². The van der Waals surface area contributed by atoms with Gasteiger partial charge in [-0.05, 0) is 49.6 Å². The van der Waals surface area contributed by atoms with Gasteiger partial charge >= 0.3 is 5.97 Å². The Morgan fingerprint density at radius 2 is 1.91 bits per heavy atom. The first-order chi connectivity index (χ1) is 11.0. The molecule has 23 heavy (non-hydrogen) atoms. The average molecular weight is 371 g/mol. The maximum absolute atomic E-state index is 11.8. The highest BCUT2D eigenvalue weighted by Crippen LogP contribution is 2.30. The van der Waals surface area contributed by atoms with Crippen LogP contribution in [0.15, 0.2) is 46.9 Å². The molecule has 0 atom stereocenters. The highest BCUT2D eigenvalue weighted by Gasteiger charge is 2.21. The van der Waals surface area contributed by atoms with E-state index in [-0.39, 0.29) is 0 Å². The SMILES string of the molecule is [CH2]Cc1c(C(=O)O)n(Cc2ccc(C)cc2)c2ccc(Br)cc12. The van der Waals surface area contributed by atoms with Crippen molar-refractivity contribution in [3.8, 4) is 0 Å². The van der Waals surface area contributed by atoms with Crippen LogP contribution in [-0.2, 0) is 13.0 Å². The molecule has 4 heteroatoms. The molecular formula is C19H17BrNO2. The van der Waals surface area contributed by atoms with Gasteiger partial charge in [-0.15, -0.1) is 0 Å². The monoisotopic (exact) mass is 370 g/mol. The molecule has 3 aromatic rings. The van der Waals surface area contributed by atoms with E-state index in [1.54, 1.807) is 0 Å². The summed E-state index contributed by atoms with van der Waals surface area (Å²) in [5, 5.41) is 10.7. The number of carboxylic acids is 1. The summed E-state index contributed by atoms with van der Waals surface area (Å²) in [6.07, 6.45) is 0.440. The van der Waals surface area contributed by atoms with Crippen LogP contribution in [0.3, 0.4) is 0 Å². The quantitative estimate of drug-likeness (QED) is 0.714. The zero-order valence-electron chi connectivity index (χ0n) is 12.8. The third-order valence-corrected chi connectivity index (χ3v) is 4.54. The maximum Gasteiger partial charge on any atom is 0.352 e. The van der Waals surface area contributed by atoms with E-state index in [0.29, 0.717) is 18.7 Å². The van der Waals surface area contributed by atoms with Crippen LogP contribution in [0.25, 0.3) is 10.9 Å². The van der Waals surface area contributed by atoms with Crippen LogP contribution in [0, 0.1) is 13.8 Å². The number of nitrogens with zero attached hydrogens (tertiary/aromatic N) is 1. The van der Waals surface area contributed by atoms with Gasteiger partial charge in [0.1, 0.15) is 5.69 Å². The van der Waals surface area contributed by atoms with E-state index >= 15 is 0 Å². The zero-order valence-corrected chi connectivity index (χ0v) is 14.4. The number of carboxylic acid groups (broad SMARTS) is 1. The first-order valence-electron chi connectivity index (χ1n) is 7.40. The minimum Gasteiger partial charge on any atom is -0.477 e. The topological polar surface area (TPSA) is 42.2 Å². The first-order valence-corrected chi connectivity index (χ1v) is 8.19. The normalized spacial score (nSPS) is 11.1. The number of fused-ring (bicyclic) bond motifs is 1. The van der Waals surface area contributed by atoms with Gasteiger partial charge in [-0.1, -0.05) is 45.8 Å². The van der Waals surface area contributed by atoms with Crippen molar-refractivity contribution in [1.29, 1.82) is 0 Å². The first kappa shape index (κ1) is 15.8. The van der Waals surface area contributed by atoms with Crippen LogP contribution in [0.4, 0.5) is 0 Å². The number of benzene rings is 2. The average Bonchev–Trinajstić information content (AvgIpc) is 2.82. The second-order valence-corrected chi connectivity index (χ2v) is 6.53. The summed E-state index contributed by atoms with van der Waals surface area (Å²) in [5.41, 5.74) is 4.29. The van der Waals surface area contributed by atoms with Crippen molar-refractivity contribution in [2.24, 2.45) is 0 Å². The summed E-state index contributed by atoms with van der Waals surface area (Å²) in [4.78, 5) is 11.8. The molecule has 0 unspecified atom stereocenters. The Balaban J connectivity index is 2.23. The second-order valence-electron chi connectivity index (χ2n) is 5.62. The van der Waals surface area contributed by atoms with Gasteiger partial charge in [-0.25, -0.2) is 4.79 Å². The molecule has 1 radical (unpaired) electrons. The molecule has 0 amide bonds. The molecule has 0 saturated carbocycles.